The van der Waals surface area contributed by atoms with Gasteiger partial charge in [-0.2, -0.15) is 0 Å². The maximum atomic E-state index is 11.9. The molecule has 22 heavy (non-hydrogen) atoms. The van der Waals surface area contributed by atoms with Gasteiger partial charge in [-0.3, -0.25) is 9.69 Å². The van der Waals surface area contributed by atoms with Gasteiger partial charge in [0.25, 0.3) is 0 Å². The average molecular weight is 329 g/mol. The summed E-state index contributed by atoms with van der Waals surface area (Å²) in [6.45, 7) is 4.06. The van der Waals surface area contributed by atoms with Gasteiger partial charge in [0.1, 0.15) is 4.88 Å². The molecular formula is C13H19N3O5S. The summed E-state index contributed by atoms with van der Waals surface area (Å²) in [7, 11) is 1.81. The third-order valence-corrected chi connectivity index (χ3v) is 4.11. The van der Waals surface area contributed by atoms with Crippen LogP contribution in [0.1, 0.15) is 15.4 Å². The van der Waals surface area contributed by atoms with Gasteiger partial charge in [0.15, 0.2) is 5.13 Å². The van der Waals surface area contributed by atoms with Gasteiger partial charge in [0, 0.05) is 6.54 Å². The summed E-state index contributed by atoms with van der Waals surface area (Å²) in [6.07, 6.45) is -0.0349. The number of ether oxygens (including phenoxy) is 2. The summed E-state index contributed by atoms with van der Waals surface area (Å²) in [5.74, 6) is -1.29. The number of amides is 1. The molecule has 1 atom stereocenters. The number of nitrogens with zero attached hydrogens (tertiary/aromatic N) is 2. The minimum atomic E-state index is -1.04. The molecule has 1 aliphatic rings. The number of likely N-dealkylation sites (N-methyl/N-ethyl adjacent to an activating group) is 1. The number of hydrogen-bond acceptors (Lipinski definition) is 7. The number of carbonyl (C=O) groups excluding carboxylic acids is 1. The number of aryl methyl sites for hydroxylation is 1. The molecule has 8 nitrogen and oxygen atoms in total. The van der Waals surface area contributed by atoms with Crippen LogP contribution in [0, 0.1) is 6.92 Å². The Hall–Kier alpha value is -1.55. The lowest BCUT2D eigenvalue weighted by molar-refractivity contribution is -0.119. The van der Waals surface area contributed by atoms with Crippen LogP contribution in [-0.4, -0.2) is 72.9 Å². The molecule has 0 aromatic carbocycles. The van der Waals surface area contributed by atoms with Crippen LogP contribution >= 0.6 is 11.3 Å². The molecule has 122 valence electrons. The van der Waals surface area contributed by atoms with Crippen LogP contribution in [0.3, 0.4) is 0 Å². The second-order valence-corrected chi connectivity index (χ2v) is 6.05. The molecule has 0 bridgehead atoms. The Balaban J connectivity index is 1.81. The number of thiazole rings is 1. The average Bonchev–Trinajstić information content (AvgIpc) is 2.80. The van der Waals surface area contributed by atoms with Gasteiger partial charge in [-0.25, -0.2) is 9.78 Å². The maximum absolute atomic E-state index is 11.9. The zero-order chi connectivity index (χ0) is 16.1. The van der Waals surface area contributed by atoms with E-state index in [2.05, 4.69) is 10.3 Å². The van der Waals surface area contributed by atoms with E-state index >= 15 is 0 Å². The van der Waals surface area contributed by atoms with Crippen molar-refractivity contribution < 1.29 is 24.2 Å². The van der Waals surface area contributed by atoms with E-state index in [-0.39, 0.29) is 23.4 Å². The largest absolute Gasteiger partial charge is 0.477 e. The topological polar surface area (TPSA) is 101 Å². The second kappa shape index (κ2) is 7.63. The van der Waals surface area contributed by atoms with E-state index in [0.29, 0.717) is 37.2 Å². The van der Waals surface area contributed by atoms with Crippen molar-refractivity contribution in [2.45, 2.75) is 13.0 Å². The molecule has 1 aromatic heterocycles. The van der Waals surface area contributed by atoms with Gasteiger partial charge in [-0.05, 0) is 14.0 Å². The Morgan fingerprint density at radius 1 is 1.50 bits per heavy atom. The zero-order valence-corrected chi connectivity index (χ0v) is 13.3. The zero-order valence-electron chi connectivity index (χ0n) is 12.5. The van der Waals surface area contributed by atoms with Gasteiger partial charge < -0.3 is 19.9 Å². The number of carbonyl (C=O) groups is 2. The first-order chi connectivity index (χ1) is 10.5. The smallest absolute Gasteiger partial charge is 0.347 e. The van der Waals surface area contributed by atoms with Crippen molar-refractivity contribution in [1.82, 2.24) is 9.88 Å². The lowest BCUT2D eigenvalue weighted by Crippen LogP contribution is -2.41. The molecular weight excluding hydrogens is 310 g/mol. The summed E-state index contributed by atoms with van der Waals surface area (Å²) in [5.41, 5.74) is 0.397. The van der Waals surface area contributed by atoms with Crippen LogP contribution in [0.5, 0.6) is 0 Å². The number of nitrogens with one attached hydrogen (secondary N) is 1. The molecule has 0 unspecified atom stereocenters. The highest BCUT2D eigenvalue weighted by Crippen LogP contribution is 2.22. The fourth-order valence-corrected chi connectivity index (χ4v) is 2.93. The van der Waals surface area contributed by atoms with Crippen LogP contribution < -0.4 is 5.32 Å². The Labute approximate surface area is 132 Å². The highest BCUT2D eigenvalue weighted by Gasteiger charge is 2.19. The first-order valence-corrected chi connectivity index (χ1v) is 7.66. The van der Waals surface area contributed by atoms with Gasteiger partial charge in [0.2, 0.25) is 5.91 Å². The SMILES string of the molecule is Cc1nc(NC(=O)CN(C)C[C@H]2COCCO2)sc1C(=O)O. The van der Waals surface area contributed by atoms with Gasteiger partial charge >= 0.3 is 5.97 Å². The minimum absolute atomic E-state index is 0.0349. The Bertz CT molecular complexity index is 542. The fourth-order valence-electron chi connectivity index (χ4n) is 2.11. The van der Waals surface area contributed by atoms with Crippen LogP contribution in [0.2, 0.25) is 0 Å². The third kappa shape index (κ3) is 4.73. The summed E-state index contributed by atoms with van der Waals surface area (Å²) >= 11 is 0.953. The van der Waals surface area contributed by atoms with Crippen molar-refractivity contribution in [3.05, 3.63) is 10.6 Å². The van der Waals surface area contributed by atoms with Crippen molar-refractivity contribution >= 4 is 28.3 Å². The number of anilines is 1. The molecule has 1 aromatic rings. The van der Waals surface area contributed by atoms with E-state index in [9.17, 15) is 9.59 Å². The van der Waals surface area contributed by atoms with Gasteiger partial charge in [-0.15, -0.1) is 0 Å². The van der Waals surface area contributed by atoms with Gasteiger partial charge in [-0.1, -0.05) is 11.3 Å². The molecule has 1 saturated heterocycles. The standard InChI is InChI=1S/C13H19N3O5S/c1-8-11(12(18)19)22-13(14-8)15-10(17)6-16(2)5-9-7-20-3-4-21-9/h9H,3-7H2,1-2H3,(H,18,19)(H,14,15,17)/t9-/m0/s1. The number of carboxylic acid groups (broad SMARTS) is 1. The van der Waals surface area contributed by atoms with Crippen LogP contribution in [0.15, 0.2) is 0 Å². The van der Waals surface area contributed by atoms with Crippen LogP contribution in [0.4, 0.5) is 5.13 Å². The van der Waals surface area contributed by atoms with E-state index in [1.54, 1.807) is 6.92 Å². The molecule has 0 saturated carbocycles. The van der Waals surface area contributed by atoms with Crippen LogP contribution in [0.25, 0.3) is 0 Å². The van der Waals surface area contributed by atoms with Crippen LogP contribution in [-0.2, 0) is 14.3 Å². The predicted molar refractivity (Wildman–Crippen MR) is 80.5 cm³/mol. The monoisotopic (exact) mass is 329 g/mol. The summed E-state index contributed by atoms with van der Waals surface area (Å²) in [5, 5.41) is 11.9. The van der Waals surface area contributed by atoms with Crippen molar-refractivity contribution in [2.75, 3.05) is 45.3 Å². The van der Waals surface area contributed by atoms with Crippen molar-refractivity contribution in [2.24, 2.45) is 0 Å². The number of aromatic nitrogens is 1. The fraction of sp³-hybridized carbons (Fsp3) is 0.615. The molecule has 1 amide bonds. The molecule has 2 heterocycles. The first-order valence-electron chi connectivity index (χ1n) is 6.84. The van der Waals surface area contributed by atoms with E-state index < -0.39 is 5.97 Å². The number of aromatic carboxylic acids is 1. The summed E-state index contributed by atoms with van der Waals surface area (Å²) in [4.78, 5) is 28.9. The van der Waals surface area contributed by atoms with Crippen molar-refractivity contribution in [3.63, 3.8) is 0 Å². The molecule has 2 N–H and O–H groups in total. The normalized spacial score (nSPS) is 18.4. The minimum Gasteiger partial charge on any atom is -0.477 e. The summed E-state index contributed by atoms with van der Waals surface area (Å²) in [6, 6.07) is 0. The van der Waals surface area contributed by atoms with Crippen molar-refractivity contribution in [1.29, 1.82) is 0 Å². The highest BCUT2D eigenvalue weighted by molar-refractivity contribution is 7.17. The maximum Gasteiger partial charge on any atom is 0.347 e. The van der Waals surface area contributed by atoms with Gasteiger partial charge in [0.05, 0.1) is 38.2 Å². The lowest BCUT2D eigenvalue weighted by Gasteiger charge is -2.26. The third-order valence-electron chi connectivity index (χ3n) is 3.05. The first kappa shape index (κ1) is 16.8. The quantitative estimate of drug-likeness (QED) is 0.780. The molecule has 0 spiro atoms. The summed E-state index contributed by atoms with van der Waals surface area (Å²) < 4.78 is 10.8. The predicted octanol–water partition coefficient (Wildman–Crippen LogP) is 0.435. The lowest BCUT2D eigenvalue weighted by atomic mass is 10.3. The van der Waals surface area contributed by atoms with E-state index in [4.69, 9.17) is 14.6 Å². The Kier molecular flexibility index (Phi) is 5.83. The Morgan fingerprint density at radius 3 is 2.86 bits per heavy atom. The molecule has 1 fully saturated rings. The molecule has 0 aliphatic carbocycles. The highest BCUT2D eigenvalue weighted by atomic mass is 32.1. The Morgan fingerprint density at radius 2 is 2.27 bits per heavy atom. The van der Waals surface area contributed by atoms with E-state index in [0.717, 1.165) is 11.3 Å². The number of rotatable bonds is 6. The number of carboxylic acids is 1. The molecule has 1 aliphatic heterocycles. The molecule has 2 rings (SSSR count). The van der Waals surface area contributed by atoms with Crippen molar-refractivity contribution in [3.8, 4) is 0 Å². The van der Waals surface area contributed by atoms with E-state index in [1.807, 2.05) is 11.9 Å². The van der Waals surface area contributed by atoms with E-state index in [1.165, 1.54) is 0 Å². The second-order valence-electron chi connectivity index (χ2n) is 5.05. The molecule has 0 radical (unpaired) electrons. The molecule has 9 heteroatoms. The number of hydrogen-bond donors (Lipinski definition) is 2.